The zero-order valence-electron chi connectivity index (χ0n) is 12.5. The quantitative estimate of drug-likeness (QED) is 0.645. The highest BCUT2D eigenvalue weighted by Crippen LogP contribution is 2.01. The molecule has 1 aromatic rings. The third kappa shape index (κ3) is 5.26. The van der Waals surface area contributed by atoms with Crippen LogP contribution in [0.3, 0.4) is 0 Å². The first kappa shape index (κ1) is 16.6. The average molecular weight is 284 g/mol. The SMILES string of the molecule is CCOCCN(CCOCC)C(=O)c1n[nH]c(CC)n1. The molecule has 20 heavy (non-hydrogen) atoms. The van der Waals surface area contributed by atoms with Crippen molar-refractivity contribution < 1.29 is 14.3 Å². The molecule has 0 aromatic carbocycles. The van der Waals surface area contributed by atoms with Gasteiger partial charge in [0.1, 0.15) is 5.82 Å². The molecule has 7 heteroatoms. The predicted octanol–water partition coefficient (Wildman–Crippen LogP) is 0.882. The molecule has 0 saturated heterocycles. The van der Waals surface area contributed by atoms with Crippen LogP contribution in [0.25, 0.3) is 0 Å². The maximum atomic E-state index is 12.3. The van der Waals surface area contributed by atoms with Gasteiger partial charge in [0, 0.05) is 32.7 Å². The third-order valence-corrected chi connectivity index (χ3v) is 2.76. The predicted molar refractivity (Wildman–Crippen MR) is 74.7 cm³/mol. The van der Waals surface area contributed by atoms with Crippen molar-refractivity contribution in [3.05, 3.63) is 11.6 Å². The second kappa shape index (κ2) is 9.44. The molecule has 0 aliphatic carbocycles. The number of hydrogen-bond donors (Lipinski definition) is 1. The van der Waals surface area contributed by atoms with Crippen LogP contribution in [0.1, 0.15) is 37.2 Å². The number of aromatic amines is 1. The number of nitrogens with zero attached hydrogens (tertiary/aromatic N) is 3. The van der Waals surface area contributed by atoms with E-state index in [0.717, 1.165) is 6.42 Å². The number of aryl methyl sites for hydroxylation is 1. The molecule has 0 saturated carbocycles. The van der Waals surface area contributed by atoms with Crippen LogP contribution in [0.15, 0.2) is 0 Å². The van der Waals surface area contributed by atoms with Crippen molar-refractivity contribution in [2.75, 3.05) is 39.5 Å². The number of ether oxygens (including phenoxy) is 2. The van der Waals surface area contributed by atoms with E-state index in [4.69, 9.17) is 9.47 Å². The standard InChI is InChI=1S/C13H24N4O3/c1-4-11-14-12(16-15-11)13(18)17(7-9-19-5-2)8-10-20-6-3/h4-10H2,1-3H3,(H,14,15,16). The summed E-state index contributed by atoms with van der Waals surface area (Å²) in [6.07, 6.45) is 0.720. The first-order valence-electron chi connectivity index (χ1n) is 7.08. The summed E-state index contributed by atoms with van der Waals surface area (Å²) in [5, 5.41) is 6.71. The number of nitrogens with one attached hydrogen (secondary N) is 1. The van der Waals surface area contributed by atoms with Gasteiger partial charge in [0.05, 0.1) is 13.2 Å². The van der Waals surface area contributed by atoms with Gasteiger partial charge in [-0.05, 0) is 13.8 Å². The Morgan fingerprint density at radius 2 is 1.75 bits per heavy atom. The minimum atomic E-state index is -0.194. The lowest BCUT2D eigenvalue weighted by Gasteiger charge is -2.20. The van der Waals surface area contributed by atoms with Gasteiger partial charge in [0.2, 0.25) is 5.82 Å². The lowest BCUT2D eigenvalue weighted by atomic mass is 10.4. The molecule has 0 spiro atoms. The van der Waals surface area contributed by atoms with E-state index < -0.39 is 0 Å². The maximum absolute atomic E-state index is 12.3. The Balaban J connectivity index is 2.61. The smallest absolute Gasteiger partial charge is 0.293 e. The van der Waals surface area contributed by atoms with E-state index in [-0.39, 0.29) is 11.7 Å². The van der Waals surface area contributed by atoms with Gasteiger partial charge in [-0.1, -0.05) is 6.92 Å². The second-order valence-electron chi connectivity index (χ2n) is 4.15. The fraction of sp³-hybridized carbons (Fsp3) is 0.769. The molecule has 7 nitrogen and oxygen atoms in total. The van der Waals surface area contributed by atoms with Crippen LogP contribution in [0, 0.1) is 0 Å². The van der Waals surface area contributed by atoms with E-state index in [9.17, 15) is 4.79 Å². The average Bonchev–Trinajstić information content (AvgIpc) is 2.94. The highest BCUT2D eigenvalue weighted by Gasteiger charge is 2.19. The van der Waals surface area contributed by atoms with Gasteiger partial charge >= 0.3 is 0 Å². The molecule has 1 aromatic heterocycles. The Bertz CT molecular complexity index is 385. The Labute approximate surface area is 119 Å². The summed E-state index contributed by atoms with van der Waals surface area (Å²) in [6.45, 7) is 9.09. The number of amides is 1. The van der Waals surface area contributed by atoms with E-state index >= 15 is 0 Å². The van der Waals surface area contributed by atoms with E-state index in [1.54, 1.807) is 4.90 Å². The summed E-state index contributed by atoms with van der Waals surface area (Å²) in [5.74, 6) is 0.720. The van der Waals surface area contributed by atoms with Crippen molar-refractivity contribution in [2.24, 2.45) is 0 Å². The van der Waals surface area contributed by atoms with Gasteiger partial charge in [-0.2, -0.15) is 0 Å². The molecule has 1 rings (SSSR count). The molecular weight excluding hydrogens is 260 g/mol. The number of hydrogen-bond acceptors (Lipinski definition) is 5. The van der Waals surface area contributed by atoms with Crippen LogP contribution in [0.5, 0.6) is 0 Å². The van der Waals surface area contributed by atoms with Crippen molar-refractivity contribution >= 4 is 5.91 Å². The highest BCUT2D eigenvalue weighted by atomic mass is 16.5. The minimum Gasteiger partial charge on any atom is -0.380 e. The van der Waals surface area contributed by atoms with Crippen molar-refractivity contribution in [1.29, 1.82) is 0 Å². The van der Waals surface area contributed by atoms with Crippen molar-refractivity contribution in [3.8, 4) is 0 Å². The van der Waals surface area contributed by atoms with Crippen molar-refractivity contribution in [2.45, 2.75) is 27.2 Å². The molecule has 114 valence electrons. The number of carbonyl (C=O) groups is 1. The largest absolute Gasteiger partial charge is 0.380 e. The molecule has 0 atom stereocenters. The van der Waals surface area contributed by atoms with Gasteiger partial charge in [0.15, 0.2) is 0 Å². The summed E-state index contributed by atoms with van der Waals surface area (Å²) in [7, 11) is 0. The molecular formula is C13H24N4O3. The second-order valence-corrected chi connectivity index (χ2v) is 4.15. The molecule has 0 fully saturated rings. The van der Waals surface area contributed by atoms with Crippen LogP contribution in [0.4, 0.5) is 0 Å². The number of aromatic nitrogens is 3. The Morgan fingerprint density at radius 3 is 2.20 bits per heavy atom. The summed E-state index contributed by atoms with van der Waals surface area (Å²) >= 11 is 0. The fourth-order valence-electron chi connectivity index (χ4n) is 1.64. The normalized spacial score (nSPS) is 10.8. The maximum Gasteiger partial charge on any atom is 0.293 e. The van der Waals surface area contributed by atoms with Gasteiger partial charge in [-0.15, -0.1) is 5.10 Å². The minimum absolute atomic E-state index is 0.194. The van der Waals surface area contributed by atoms with Gasteiger partial charge in [-0.3, -0.25) is 9.89 Å². The van der Waals surface area contributed by atoms with Crippen LogP contribution in [-0.4, -0.2) is 65.5 Å². The van der Waals surface area contributed by atoms with Crippen molar-refractivity contribution in [1.82, 2.24) is 20.1 Å². The van der Waals surface area contributed by atoms with Gasteiger partial charge in [-0.25, -0.2) is 4.98 Å². The third-order valence-electron chi connectivity index (χ3n) is 2.76. The highest BCUT2D eigenvalue weighted by molar-refractivity contribution is 5.90. The summed E-state index contributed by atoms with van der Waals surface area (Å²) in [5.41, 5.74) is 0. The summed E-state index contributed by atoms with van der Waals surface area (Å²) in [4.78, 5) is 18.2. The zero-order valence-corrected chi connectivity index (χ0v) is 12.5. The van der Waals surface area contributed by atoms with E-state index in [2.05, 4.69) is 15.2 Å². The zero-order chi connectivity index (χ0) is 14.8. The topological polar surface area (TPSA) is 80.3 Å². The molecule has 1 amide bonds. The van der Waals surface area contributed by atoms with Gasteiger partial charge < -0.3 is 14.4 Å². The fourth-order valence-corrected chi connectivity index (χ4v) is 1.64. The number of H-pyrrole nitrogens is 1. The lowest BCUT2D eigenvalue weighted by molar-refractivity contribution is 0.0540. The summed E-state index contributed by atoms with van der Waals surface area (Å²) in [6, 6.07) is 0. The van der Waals surface area contributed by atoms with Crippen LogP contribution in [-0.2, 0) is 15.9 Å². The Hall–Kier alpha value is -1.47. The van der Waals surface area contributed by atoms with E-state index in [1.165, 1.54) is 0 Å². The molecule has 0 aliphatic rings. The van der Waals surface area contributed by atoms with E-state index in [0.29, 0.717) is 45.3 Å². The molecule has 1 N–H and O–H groups in total. The monoisotopic (exact) mass is 284 g/mol. The number of carbonyl (C=O) groups excluding carboxylic acids is 1. The first-order chi connectivity index (χ1) is 9.72. The van der Waals surface area contributed by atoms with Crippen LogP contribution >= 0.6 is 0 Å². The van der Waals surface area contributed by atoms with Crippen LogP contribution in [0.2, 0.25) is 0 Å². The number of rotatable bonds is 10. The Kier molecular flexibility index (Phi) is 7.82. The lowest BCUT2D eigenvalue weighted by Crippen LogP contribution is -2.37. The summed E-state index contributed by atoms with van der Waals surface area (Å²) < 4.78 is 10.6. The van der Waals surface area contributed by atoms with E-state index in [1.807, 2.05) is 20.8 Å². The molecule has 1 heterocycles. The molecule has 0 radical (unpaired) electrons. The first-order valence-corrected chi connectivity index (χ1v) is 7.08. The van der Waals surface area contributed by atoms with Gasteiger partial charge in [0.25, 0.3) is 5.91 Å². The van der Waals surface area contributed by atoms with Crippen molar-refractivity contribution in [3.63, 3.8) is 0 Å². The Morgan fingerprint density at radius 1 is 1.15 bits per heavy atom. The molecule has 0 aliphatic heterocycles. The van der Waals surface area contributed by atoms with Crippen LogP contribution < -0.4 is 0 Å². The molecule has 0 bridgehead atoms. The molecule has 0 unspecified atom stereocenters.